The van der Waals surface area contributed by atoms with Gasteiger partial charge in [0.25, 0.3) is 5.56 Å². The summed E-state index contributed by atoms with van der Waals surface area (Å²) in [5.74, 6) is -1.96. The van der Waals surface area contributed by atoms with Crippen LogP contribution >= 0.6 is 0 Å². The van der Waals surface area contributed by atoms with Gasteiger partial charge in [-0.2, -0.15) is 0 Å². The fourth-order valence-electron chi connectivity index (χ4n) is 2.24. The summed E-state index contributed by atoms with van der Waals surface area (Å²) in [6.07, 6.45) is -4.72. The summed E-state index contributed by atoms with van der Waals surface area (Å²) in [6, 6.07) is 1.02. The Morgan fingerprint density at radius 2 is 2.24 bits per heavy atom. The molecule has 0 saturated carbocycles. The number of nitrogens with one attached hydrogen (secondary N) is 1. The molecular formula is C12H17FN2O6. The van der Waals surface area contributed by atoms with Crippen molar-refractivity contribution in [2.24, 2.45) is 0 Å². The monoisotopic (exact) mass is 304 g/mol. The SMILES string of the molecule is CC(C)OC1(CO)OC(n2ccc(=O)[nH]c2=O)C(F)C1O. The molecule has 118 valence electrons. The summed E-state index contributed by atoms with van der Waals surface area (Å²) >= 11 is 0. The first kappa shape index (κ1) is 15.8. The standard InChI is InChI=1S/C12H17FN2O6/c1-6(2)20-12(5-16)9(18)8(13)10(21-12)15-4-3-7(17)14-11(15)19/h3-4,6,8-10,16,18H,5H2,1-2H3,(H,14,17,19). The minimum absolute atomic E-state index is 0.454. The Labute approximate surface area is 118 Å². The average Bonchev–Trinajstić information content (AvgIpc) is 2.64. The Balaban J connectivity index is 2.39. The molecule has 0 aliphatic carbocycles. The number of nitrogens with zero attached hydrogens (tertiary/aromatic N) is 1. The number of halogens is 1. The molecule has 0 spiro atoms. The van der Waals surface area contributed by atoms with Gasteiger partial charge in [0.1, 0.15) is 12.7 Å². The molecule has 0 aromatic carbocycles. The minimum Gasteiger partial charge on any atom is -0.391 e. The van der Waals surface area contributed by atoms with E-state index in [1.165, 1.54) is 0 Å². The van der Waals surface area contributed by atoms with Gasteiger partial charge in [-0.3, -0.25) is 14.3 Å². The zero-order valence-electron chi connectivity index (χ0n) is 11.5. The van der Waals surface area contributed by atoms with Crippen LogP contribution in [0.3, 0.4) is 0 Å². The van der Waals surface area contributed by atoms with Gasteiger partial charge in [-0.05, 0) is 13.8 Å². The van der Waals surface area contributed by atoms with Crippen LogP contribution in [0.4, 0.5) is 4.39 Å². The molecule has 1 fully saturated rings. The zero-order chi connectivity index (χ0) is 15.8. The molecule has 2 heterocycles. The molecule has 1 aromatic heterocycles. The number of H-pyrrole nitrogens is 1. The highest BCUT2D eigenvalue weighted by molar-refractivity contribution is 4.97. The second-order valence-electron chi connectivity index (χ2n) is 5.05. The summed E-state index contributed by atoms with van der Waals surface area (Å²) in [4.78, 5) is 24.6. The third kappa shape index (κ3) is 2.77. The van der Waals surface area contributed by atoms with Gasteiger partial charge < -0.3 is 19.7 Å². The quantitative estimate of drug-likeness (QED) is 0.649. The first-order valence-corrected chi connectivity index (χ1v) is 6.41. The number of ether oxygens (including phenoxy) is 2. The van der Waals surface area contributed by atoms with E-state index in [-0.39, 0.29) is 0 Å². The first-order chi connectivity index (χ1) is 9.80. The predicted molar refractivity (Wildman–Crippen MR) is 68.4 cm³/mol. The topological polar surface area (TPSA) is 114 Å². The maximum atomic E-state index is 14.3. The molecule has 0 radical (unpaired) electrons. The molecule has 9 heteroatoms. The Hall–Kier alpha value is -1.55. The lowest BCUT2D eigenvalue weighted by atomic mass is 10.1. The minimum atomic E-state index is -2.01. The van der Waals surface area contributed by atoms with Crippen LogP contribution in [0, 0.1) is 0 Å². The molecule has 2 rings (SSSR count). The average molecular weight is 304 g/mol. The van der Waals surface area contributed by atoms with Crippen LogP contribution in [0.1, 0.15) is 20.1 Å². The van der Waals surface area contributed by atoms with Crippen LogP contribution in [-0.4, -0.2) is 50.5 Å². The normalized spacial score (nSPS) is 32.8. The number of hydrogen-bond donors (Lipinski definition) is 3. The summed E-state index contributed by atoms with van der Waals surface area (Å²) in [6.45, 7) is 2.46. The number of aromatic amines is 1. The van der Waals surface area contributed by atoms with Crippen molar-refractivity contribution in [2.45, 2.75) is 44.2 Å². The van der Waals surface area contributed by atoms with E-state index in [1.807, 2.05) is 4.98 Å². The highest BCUT2D eigenvalue weighted by Gasteiger charge is 2.57. The van der Waals surface area contributed by atoms with E-state index in [1.54, 1.807) is 13.8 Å². The van der Waals surface area contributed by atoms with Crippen LogP contribution in [0.2, 0.25) is 0 Å². The zero-order valence-corrected chi connectivity index (χ0v) is 11.5. The van der Waals surface area contributed by atoms with Gasteiger partial charge in [0, 0.05) is 12.3 Å². The summed E-state index contributed by atoms with van der Waals surface area (Å²) in [5.41, 5.74) is -1.53. The first-order valence-electron chi connectivity index (χ1n) is 6.41. The number of aliphatic hydroxyl groups is 2. The van der Waals surface area contributed by atoms with Gasteiger partial charge >= 0.3 is 5.69 Å². The van der Waals surface area contributed by atoms with Crippen molar-refractivity contribution in [3.05, 3.63) is 33.1 Å². The highest BCUT2D eigenvalue weighted by Crippen LogP contribution is 2.39. The lowest BCUT2D eigenvalue weighted by Crippen LogP contribution is -2.49. The molecule has 8 nitrogen and oxygen atoms in total. The number of rotatable bonds is 4. The number of alkyl halides is 1. The maximum Gasteiger partial charge on any atom is 0.330 e. The number of hydrogen-bond acceptors (Lipinski definition) is 6. The van der Waals surface area contributed by atoms with Crippen molar-refractivity contribution in [3.63, 3.8) is 0 Å². The Morgan fingerprint density at radius 1 is 1.57 bits per heavy atom. The van der Waals surface area contributed by atoms with E-state index in [4.69, 9.17) is 9.47 Å². The molecule has 21 heavy (non-hydrogen) atoms. The van der Waals surface area contributed by atoms with E-state index in [2.05, 4.69) is 0 Å². The predicted octanol–water partition coefficient (Wildman–Crippen LogP) is -1.12. The van der Waals surface area contributed by atoms with Crippen molar-refractivity contribution in [2.75, 3.05) is 6.61 Å². The molecule has 4 unspecified atom stereocenters. The van der Waals surface area contributed by atoms with Crippen molar-refractivity contribution in [3.8, 4) is 0 Å². The lowest BCUT2D eigenvalue weighted by Gasteiger charge is -2.31. The molecule has 1 aromatic rings. The second kappa shape index (κ2) is 5.68. The fraction of sp³-hybridized carbons (Fsp3) is 0.667. The van der Waals surface area contributed by atoms with E-state index in [9.17, 15) is 24.2 Å². The van der Waals surface area contributed by atoms with Crippen molar-refractivity contribution in [1.29, 1.82) is 0 Å². The molecular weight excluding hydrogens is 287 g/mol. The van der Waals surface area contributed by atoms with Crippen LogP contribution in [0.15, 0.2) is 21.9 Å². The van der Waals surface area contributed by atoms with Crippen LogP contribution in [-0.2, 0) is 9.47 Å². The van der Waals surface area contributed by atoms with Crippen molar-refractivity contribution in [1.82, 2.24) is 9.55 Å². The van der Waals surface area contributed by atoms with Gasteiger partial charge in [-0.15, -0.1) is 0 Å². The van der Waals surface area contributed by atoms with Gasteiger partial charge in [0.15, 0.2) is 12.4 Å². The van der Waals surface area contributed by atoms with E-state index in [0.717, 1.165) is 16.8 Å². The third-order valence-corrected chi connectivity index (χ3v) is 3.13. The van der Waals surface area contributed by atoms with Crippen LogP contribution < -0.4 is 11.2 Å². The summed E-state index contributed by atoms with van der Waals surface area (Å²) in [7, 11) is 0. The lowest BCUT2D eigenvalue weighted by molar-refractivity contribution is -0.294. The molecule has 0 amide bonds. The fourth-order valence-corrected chi connectivity index (χ4v) is 2.24. The number of aromatic nitrogens is 2. The van der Waals surface area contributed by atoms with Crippen LogP contribution in [0.25, 0.3) is 0 Å². The van der Waals surface area contributed by atoms with Crippen LogP contribution in [0.5, 0.6) is 0 Å². The van der Waals surface area contributed by atoms with E-state index in [0.29, 0.717) is 0 Å². The maximum absolute atomic E-state index is 14.3. The second-order valence-corrected chi connectivity index (χ2v) is 5.05. The van der Waals surface area contributed by atoms with Gasteiger partial charge in [-0.1, -0.05) is 0 Å². The number of aliphatic hydroxyl groups excluding tert-OH is 2. The molecule has 3 N–H and O–H groups in total. The van der Waals surface area contributed by atoms with Gasteiger partial charge in [0.05, 0.1) is 6.10 Å². The van der Waals surface area contributed by atoms with E-state index < -0.39 is 48.3 Å². The Bertz CT molecular complexity index is 614. The van der Waals surface area contributed by atoms with Gasteiger partial charge in [-0.25, -0.2) is 9.18 Å². The Kier molecular flexibility index (Phi) is 4.28. The smallest absolute Gasteiger partial charge is 0.330 e. The molecule has 1 saturated heterocycles. The van der Waals surface area contributed by atoms with E-state index >= 15 is 0 Å². The molecule has 0 bridgehead atoms. The largest absolute Gasteiger partial charge is 0.391 e. The van der Waals surface area contributed by atoms with Gasteiger partial charge in [0.2, 0.25) is 5.79 Å². The van der Waals surface area contributed by atoms with Crippen molar-refractivity contribution >= 4 is 0 Å². The molecule has 1 aliphatic rings. The molecule has 4 atom stereocenters. The third-order valence-electron chi connectivity index (χ3n) is 3.13. The molecule has 1 aliphatic heterocycles. The van der Waals surface area contributed by atoms with Crippen molar-refractivity contribution < 1.29 is 24.1 Å². The highest BCUT2D eigenvalue weighted by atomic mass is 19.1. The summed E-state index contributed by atoms with van der Waals surface area (Å²) < 4.78 is 25.6. The Morgan fingerprint density at radius 3 is 2.76 bits per heavy atom. The summed E-state index contributed by atoms with van der Waals surface area (Å²) in [5, 5.41) is 19.4.